The molecule has 3 aromatic rings. The second-order valence-corrected chi connectivity index (χ2v) is 4.65. The number of hydrogen-bond donors (Lipinski definition) is 1. The molecule has 5 nitrogen and oxygen atoms in total. The number of nitrogen functional groups attached to an aromatic ring is 1. The van der Waals surface area contributed by atoms with Crippen molar-refractivity contribution >= 4 is 5.88 Å². The Hall–Kier alpha value is -2.82. The van der Waals surface area contributed by atoms with Crippen LogP contribution in [-0.2, 0) is 0 Å². The number of methoxy groups -OCH3 is 1. The molecule has 0 fully saturated rings. The lowest BCUT2D eigenvalue weighted by Crippen LogP contribution is -1.94. The quantitative estimate of drug-likeness (QED) is 0.797. The van der Waals surface area contributed by atoms with Crippen molar-refractivity contribution in [3.05, 3.63) is 48.2 Å². The summed E-state index contributed by atoms with van der Waals surface area (Å²) in [5, 5.41) is 4.09. The van der Waals surface area contributed by atoms with Gasteiger partial charge in [0, 0.05) is 6.20 Å². The van der Waals surface area contributed by atoms with Crippen molar-refractivity contribution in [1.29, 1.82) is 0 Å². The summed E-state index contributed by atoms with van der Waals surface area (Å²) in [6.07, 6.45) is 1.67. The van der Waals surface area contributed by atoms with Gasteiger partial charge in [0.25, 0.3) is 0 Å². The first-order valence-electron chi connectivity index (χ1n) is 6.53. The number of anilines is 1. The van der Waals surface area contributed by atoms with Gasteiger partial charge >= 0.3 is 0 Å². The highest BCUT2D eigenvalue weighted by molar-refractivity contribution is 5.89. The zero-order valence-corrected chi connectivity index (χ0v) is 11.8. The molecular formula is C16H15N3O2. The topological polar surface area (TPSA) is 74.2 Å². The number of benzene rings is 1. The van der Waals surface area contributed by atoms with Gasteiger partial charge in [-0.05, 0) is 30.2 Å². The number of hydrogen-bond acceptors (Lipinski definition) is 5. The molecule has 2 aromatic heterocycles. The third-order valence-corrected chi connectivity index (χ3v) is 3.35. The summed E-state index contributed by atoms with van der Waals surface area (Å²) in [4.78, 5) is 4.20. The van der Waals surface area contributed by atoms with Crippen LogP contribution < -0.4 is 10.5 Å². The van der Waals surface area contributed by atoms with E-state index >= 15 is 0 Å². The lowest BCUT2D eigenvalue weighted by Gasteiger charge is -2.08. The van der Waals surface area contributed by atoms with Crippen molar-refractivity contribution < 1.29 is 9.26 Å². The first kappa shape index (κ1) is 13.2. The van der Waals surface area contributed by atoms with Crippen LogP contribution in [0.5, 0.6) is 5.88 Å². The number of nitrogens with zero attached hydrogens (tertiary/aromatic N) is 2. The van der Waals surface area contributed by atoms with Crippen molar-refractivity contribution in [2.24, 2.45) is 0 Å². The van der Waals surface area contributed by atoms with Crippen LogP contribution in [0.15, 0.2) is 47.1 Å². The third-order valence-electron chi connectivity index (χ3n) is 3.35. The maximum Gasteiger partial charge on any atom is 0.230 e. The van der Waals surface area contributed by atoms with Crippen LogP contribution in [0.4, 0.5) is 5.88 Å². The normalized spacial score (nSPS) is 10.6. The van der Waals surface area contributed by atoms with E-state index in [1.807, 2.05) is 43.3 Å². The fourth-order valence-electron chi connectivity index (χ4n) is 2.33. The molecule has 0 amide bonds. The van der Waals surface area contributed by atoms with Crippen molar-refractivity contribution in [2.45, 2.75) is 6.92 Å². The van der Waals surface area contributed by atoms with Crippen LogP contribution in [0.3, 0.4) is 0 Å². The lowest BCUT2D eigenvalue weighted by molar-refractivity contribution is 0.398. The molecule has 0 saturated carbocycles. The molecular weight excluding hydrogens is 266 g/mol. The van der Waals surface area contributed by atoms with E-state index < -0.39 is 0 Å². The molecule has 0 aliphatic carbocycles. The Morgan fingerprint density at radius 3 is 2.62 bits per heavy atom. The van der Waals surface area contributed by atoms with Gasteiger partial charge in [0.1, 0.15) is 5.69 Å². The SMILES string of the molecule is COc1ncccc1-c1noc(N)c1-c1ccccc1C. The molecule has 21 heavy (non-hydrogen) atoms. The molecule has 2 N–H and O–H groups in total. The highest BCUT2D eigenvalue weighted by atomic mass is 16.5. The van der Waals surface area contributed by atoms with Crippen molar-refractivity contribution in [3.63, 3.8) is 0 Å². The van der Waals surface area contributed by atoms with E-state index in [0.717, 1.165) is 22.3 Å². The first-order valence-corrected chi connectivity index (χ1v) is 6.53. The number of nitrogens with two attached hydrogens (primary N) is 1. The molecule has 5 heteroatoms. The van der Waals surface area contributed by atoms with Gasteiger partial charge in [0.15, 0.2) is 0 Å². The molecule has 2 heterocycles. The summed E-state index contributed by atoms with van der Waals surface area (Å²) in [5.74, 6) is 0.769. The predicted molar refractivity (Wildman–Crippen MR) is 80.9 cm³/mol. The van der Waals surface area contributed by atoms with Gasteiger partial charge in [-0.1, -0.05) is 29.4 Å². The highest BCUT2D eigenvalue weighted by Crippen LogP contribution is 2.40. The highest BCUT2D eigenvalue weighted by Gasteiger charge is 2.21. The van der Waals surface area contributed by atoms with Gasteiger partial charge in [-0.2, -0.15) is 0 Å². The first-order chi connectivity index (χ1) is 10.2. The molecule has 0 unspecified atom stereocenters. The predicted octanol–water partition coefficient (Wildman–Crippen LogP) is 3.30. The van der Waals surface area contributed by atoms with Gasteiger partial charge in [0.05, 0.1) is 18.2 Å². The Bertz CT molecular complexity index is 781. The van der Waals surface area contributed by atoms with Gasteiger partial charge in [-0.3, -0.25) is 0 Å². The van der Waals surface area contributed by atoms with E-state index in [4.69, 9.17) is 15.0 Å². The number of rotatable bonds is 3. The number of ether oxygens (including phenoxy) is 1. The van der Waals surface area contributed by atoms with Crippen molar-refractivity contribution in [1.82, 2.24) is 10.1 Å². The standard InChI is InChI=1S/C16H15N3O2/c1-10-6-3-4-7-11(10)13-14(19-21-15(13)17)12-8-5-9-18-16(12)20-2/h3-9H,17H2,1-2H3. The summed E-state index contributed by atoms with van der Waals surface area (Å²) in [5.41, 5.74) is 10.2. The maximum absolute atomic E-state index is 5.98. The smallest absolute Gasteiger partial charge is 0.230 e. The molecule has 3 rings (SSSR count). The van der Waals surface area contributed by atoms with Gasteiger partial charge in [-0.25, -0.2) is 4.98 Å². The van der Waals surface area contributed by atoms with Gasteiger partial charge in [-0.15, -0.1) is 0 Å². The van der Waals surface area contributed by atoms with Crippen molar-refractivity contribution in [3.8, 4) is 28.3 Å². The summed E-state index contributed by atoms with van der Waals surface area (Å²) >= 11 is 0. The van der Waals surface area contributed by atoms with Gasteiger partial charge < -0.3 is 15.0 Å². The van der Waals surface area contributed by atoms with E-state index in [2.05, 4.69) is 10.1 Å². The van der Waals surface area contributed by atoms with Crippen LogP contribution in [0.25, 0.3) is 22.4 Å². The second-order valence-electron chi connectivity index (χ2n) is 4.65. The fourth-order valence-corrected chi connectivity index (χ4v) is 2.33. The van der Waals surface area contributed by atoms with Crippen LogP contribution in [-0.4, -0.2) is 17.3 Å². The summed E-state index contributed by atoms with van der Waals surface area (Å²) in [6, 6.07) is 11.7. The molecule has 1 aromatic carbocycles. The Labute approximate surface area is 122 Å². The molecule has 106 valence electrons. The van der Waals surface area contributed by atoms with E-state index in [-0.39, 0.29) is 5.88 Å². The van der Waals surface area contributed by atoms with Crippen LogP contribution in [0.2, 0.25) is 0 Å². The second kappa shape index (κ2) is 5.28. The minimum absolute atomic E-state index is 0.283. The largest absolute Gasteiger partial charge is 0.481 e. The molecule has 0 atom stereocenters. The molecule has 0 spiro atoms. The summed E-state index contributed by atoms with van der Waals surface area (Å²) in [7, 11) is 1.57. The van der Waals surface area contributed by atoms with Gasteiger partial charge in [0.2, 0.25) is 11.8 Å². The average molecular weight is 281 g/mol. The van der Waals surface area contributed by atoms with E-state index in [1.165, 1.54) is 0 Å². The van der Waals surface area contributed by atoms with Crippen LogP contribution in [0.1, 0.15) is 5.56 Å². The Morgan fingerprint density at radius 2 is 1.86 bits per heavy atom. The number of aromatic nitrogens is 2. The number of aryl methyl sites for hydroxylation is 1. The minimum atomic E-state index is 0.283. The minimum Gasteiger partial charge on any atom is -0.481 e. The molecule has 0 radical (unpaired) electrons. The summed E-state index contributed by atoms with van der Waals surface area (Å²) < 4.78 is 10.5. The Kier molecular flexibility index (Phi) is 3.31. The molecule has 0 bridgehead atoms. The molecule has 0 aliphatic rings. The zero-order chi connectivity index (χ0) is 14.8. The average Bonchev–Trinajstić information content (AvgIpc) is 2.89. The number of pyridine rings is 1. The Morgan fingerprint density at radius 1 is 1.10 bits per heavy atom. The molecule has 0 saturated heterocycles. The Balaban J connectivity index is 2.25. The van der Waals surface area contributed by atoms with Crippen molar-refractivity contribution in [2.75, 3.05) is 12.8 Å². The third kappa shape index (κ3) is 2.23. The van der Waals surface area contributed by atoms with Crippen LogP contribution in [0, 0.1) is 6.92 Å². The van der Waals surface area contributed by atoms with E-state index in [1.54, 1.807) is 13.3 Å². The van der Waals surface area contributed by atoms with E-state index in [0.29, 0.717) is 11.6 Å². The fraction of sp³-hybridized carbons (Fsp3) is 0.125. The lowest BCUT2D eigenvalue weighted by atomic mass is 9.98. The zero-order valence-electron chi connectivity index (χ0n) is 11.8. The monoisotopic (exact) mass is 281 g/mol. The summed E-state index contributed by atoms with van der Waals surface area (Å²) in [6.45, 7) is 2.02. The van der Waals surface area contributed by atoms with E-state index in [9.17, 15) is 0 Å². The van der Waals surface area contributed by atoms with Crippen LogP contribution >= 0.6 is 0 Å². The molecule has 0 aliphatic heterocycles. The maximum atomic E-state index is 5.98.